The molecule has 0 saturated carbocycles. The molecule has 0 aliphatic rings. The molecule has 1 N–H and O–H groups in total. The van der Waals surface area contributed by atoms with Gasteiger partial charge in [0.2, 0.25) is 0 Å². The van der Waals surface area contributed by atoms with E-state index in [-0.39, 0.29) is 5.91 Å². The monoisotopic (exact) mass is 353 g/mol. The number of nitrogens with one attached hydrogen (secondary N) is 1. The Hall–Kier alpha value is -0.830. The van der Waals surface area contributed by atoms with Gasteiger partial charge in [0.15, 0.2) is 0 Å². The number of unbranched alkanes of at least 4 members (excludes halogenated alkanes) is 7. The summed E-state index contributed by atoms with van der Waals surface area (Å²) in [6, 6.07) is 5.73. The van der Waals surface area contributed by atoms with Crippen molar-refractivity contribution in [3.63, 3.8) is 0 Å². The van der Waals surface area contributed by atoms with Crippen LogP contribution < -0.4 is 5.32 Å². The topological polar surface area (TPSA) is 29.1 Å². The summed E-state index contributed by atoms with van der Waals surface area (Å²) < 4.78 is 0.988. The lowest BCUT2D eigenvalue weighted by Gasteiger charge is -2.07. The van der Waals surface area contributed by atoms with Crippen LogP contribution in [0.4, 0.5) is 0 Å². The van der Waals surface area contributed by atoms with Gasteiger partial charge in [-0.1, -0.05) is 73.9 Å². The Labute approximate surface area is 137 Å². The molecule has 21 heavy (non-hydrogen) atoms. The molecule has 3 heteroatoms. The summed E-state index contributed by atoms with van der Waals surface area (Å²) in [5.41, 5.74) is 1.88. The molecule has 0 heterocycles. The Morgan fingerprint density at radius 3 is 2.29 bits per heavy atom. The first-order valence-corrected chi connectivity index (χ1v) is 8.98. The SMILES string of the molecule is CCCCCCCCCCNC(=O)c1ccc(C)c(Br)c1. The van der Waals surface area contributed by atoms with E-state index in [4.69, 9.17) is 0 Å². The highest BCUT2D eigenvalue weighted by Crippen LogP contribution is 2.17. The van der Waals surface area contributed by atoms with E-state index in [1.807, 2.05) is 25.1 Å². The quantitative estimate of drug-likeness (QED) is 0.542. The van der Waals surface area contributed by atoms with Crippen molar-refractivity contribution in [2.45, 2.75) is 65.2 Å². The normalized spacial score (nSPS) is 10.6. The predicted octanol–water partition coefficient (Wildman–Crippen LogP) is 5.63. The average Bonchev–Trinajstić information content (AvgIpc) is 2.48. The van der Waals surface area contributed by atoms with Crippen molar-refractivity contribution in [3.8, 4) is 0 Å². The largest absolute Gasteiger partial charge is 0.352 e. The lowest BCUT2D eigenvalue weighted by atomic mass is 10.1. The molecule has 0 saturated heterocycles. The van der Waals surface area contributed by atoms with Gasteiger partial charge in [-0.05, 0) is 31.0 Å². The summed E-state index contributed by atoms with van der Waals surface area (Å²) in [4.78, 5) is 12.0. The van der Waals surface area contributed by atoms with E-state index in [0.717, 1.165) is 28.6 Å². The first-order chi connectivity index (χ1) is 10.1. The van der Waals surface area contributed by atoms with Gasteiger partial charge in [-0.15, -0.1) is 0 Å². The first kappa shape index (κ1) is 18.2. The van der Waals surface area contributed by atoms with Crippen LogP contribution in [-0.4, -0.2) is 12.5 Å². The molecule has 118 valence electrons. The standard InChI is InChI=1S/C18H28BrNO/c1-3-4-5-6-7-8-9-10-13-20-18(21)16-12-11-15(2)17(19)14-16/h11-12,14H,3-10,13H2,1-2H3,(H,20,21). The molecule has 0 bridgehead atoms. The minimum Gasteiger partial charge on any atom is -0.352 e. The third-order valence-electron chi connectivity index (χ3n) is 3.75. The van der Waals surface area contributed by atoms with Gasteiger partial charge < -0.3 is 5.32 Å². The van der Waals surface area contributed by atoms with Crippen LogP contribution in [0.5, 0.6) is 0 Å². The molecule has 0 spiro atoms. The van der Waals surface area contributed by atoms with Gasteiger partial charge in [0.05, 0.1) is 0 Å². The zero-order chi connectivity index (χ0) is 15.5. The molecule has 0 aliphatic carbocycles. The highest BCUT2D eigenvalue weighted by molar-refractivity contribution is 9.10. The molecule has 1 amide bonds. The fraction of sp³-hybridized carbons (Fsp3) is 0.611. The fourth-order valence-electron chi connectivity index (χ4n) is 2.30. The highest BCUT2D eigenvalue weighted by atomic mass is 79.9. The minimum absolute atomic E-state index is 0.0265. The Bertz CT molecular complexity index is 431. The van der Waals surface area contributed by atoms with E-state index in [1.165, 1.54) is 44.9 Å². The van der Waals surface area contributed by atoms with Gasteiger partial charge in [0.1, 0.15) is 0 Å². The summed E-state index contributed by atoms with van der Waals surface area (Å²) in [5, 5.41) is 3.00. The van der Waals surface area contributed by atoms with E-state index in [9.17, 15) is 4.79 Å². The Kier molecular flexibility index (Phi) is 9.40. The summed E-state index contributed by atoms with van der Waals surface area (Å²) in [6.45, 7) is 5.04. The molecule has 0 aliphatic heterocycles. The molecule has 0 aromatic heterocycles. The second-order valence-electron chi connectivity index (χ2n) is 5.69. The molecule has 1 rings (SSSR count). The Balaban J connectivity index is 2.09. The van der Waals surface area contributed by atoms with Crippen molar-refractivity contribution in [3.05, 3.63) is 33.8 Å². The number of benzene rings is 1. The fourth-order valence-corrected chi connectivity index (χ4v) is 2.68. The number of rotatable bonds is 10. The molecule has 2 nitrogen and oxygen atoms in total. The van der Waals surface area contributed by atoms with E-state index < -0.39 is 0 Å². The van der Waals surface area contributed by atoms with Crippen molar-refractivity contribution in [2.24, 2.45) is 0 Å². The average molecular weight is 354 g/mol. The van der Waals surface area contributed by atoms with Gasteiger partial charge in [-0.25, -0.2) is 0 Å². The predicted molar refractivity (Wildman–Crippen MR) is 93.8 cm³/mol. The molecule has 1 aromatic rings. The van der Waals surface area contributed by atoms with E-state index in [1.54, 1.807) is 0 Å². The van der Waals surface area contributed by atoms with Gasteiger partial charge in [0, 0.05) is 16.6 Å². The van der Waals surface area contributed by atoms with Crippen LogP contribution in [0.2, 0.25) is 0 Å². The number of halogens is 1. The number of hydrogen-bond acceptors (Lipinski definition) is 1. The van der Waals surface area contributed by atoms with Crippen LogP contribution in [0.15, 0.2) is 22.7 Å². The van der Waals surface area contributed by atoms with Gasteiger partial charge in [0.25, 0.3) is 5.91 Å². The maximum absolute atomic E-state index is 12.0. The maximum atomic E-state index is 12.0. The minimum atomic E-state index is 0.0265. The lowest BCUT2D eigenvalue weighted by Crippen LogP contribution is -2.24. The number of carbonyl (C=O) groups excluding carboxylic acids is 1. The molecule has 1 aromatic carbocycles. The number of carbonyl (C=O) groups is 1. The van der Waals surface area contributed by atoms with Crippen molar-refractivity contribution in [2.75, 3.05) is 6.54 Å². The van der Waals surface area contributed by atoms with Crippen LogP contribution in [0.3, 0.4) is 0 Å². The summed E-state index contributed by atoms with van der Waals surface area (Å²) >= 11 is 3.46. The van der Waals surface area contributed by atoms with Crippen LogP contribution >= 0.6 is 15.9 Å². The van der Waals surface area contributed by atoms with Crippen molar-refractivity contribution in [1.29, 1.82) is 0 Å². The van der Waals surface area contributed by atoms with E-state index >= 15 is 0 Å². The highest BCUT2D eigenvalue weighted by Gasteiger charge is 2.06. The number of amides is 1. The van der Waals surface area contributed by atoms with E-state index in [0.29, 0.717) is 0 Å². The third-order valence-corrected chi connectivity index (χ3v) is 4.60. The van der Waals surface area contributed by atoms with Crippen molar-refractivity contribution >= 4 is 21.8 Å². The smallest absolute Gasteiger partial charge is 0.251 e. The van der Waals surface area contributed by atoms with Gasteiger partial charge >= 0.3 is 0 Å². The number of aryl methyl sites for hydroxylation is 1. The molecule has 0 atom stereocenters. The second kappa shape index (κ2) is 10.8. The zero-order valence-electron chi connectivity index (χ0n) is 13.4. The first-order valence-electron chi connectivity index (χ1n) is 8.19. The van der Waals surface area contributed by atoms with Crippen LogP contribution in [0.25, 0.3) is 0 Å². The Morgan fingerprint density at radius 1 is 1.05 bits per heavy atom. The van der Waals surface area contributed by atoms with Crippen molar-refractivity contribution < 1.29 is 4.79 Å². The third kappa shape index (κ3) is 7.66. The van der Waals surface area contributed by atoms with Crippen LogP contribution in [0.1, 0.15) is 74.2 Å². The zero-order valence-corrected chi connectivity index (χ0v) is 15.0. The summed E-state index contributed by atoms with van der Waals surface area (Å²) in [5.74, 6) is 0.0265. The van der Waals surface area contributed by atoms with E-state index in [2.05, 4.69) is 28.2 Å². The maximum Gasteiger partial charge on any atom is 0.251 e. The van der Waals surface area contributed by atoms with Crippen LogP contribution in [0, 0.1) is 6.92 Å². The molecule has 0 radical (unpaired) electrons. The molecule has 0 unspecified atom stereocenters. The molecular formula is C18H28BrNO. The van der Waals surface area contributed by atoms with Gasteiger partial charge in [-0.3, -0.25) is 4.79 Å². The molecular weight excluding hydrogens is 326 g/mol. The number of hydrogen-bond donors (Lipinski definition) is 1. The summed E-state index contributed by atoms with van der Waals surface area (Å²) in [6.07, 6.45) is 10.3. The van der Waals surface area contributed by atoms with Gasteiger partial charge in [-0.2, -0.15) is 0 Å². The lowest BCUT2D eigenvalue weighted by molar-refractivity contribution is 0.0953. The molecule has 0 fully saturated rings. The Morgan fingerprint density at radius 2 is 1.67 bits per heavy atom. The summed E-state index contributed by atoms with van der Waals surface area (Å²) in [7, 11) is 0. The van der Waals surface area contributed by atoms with Crippen LogP contribution in [-0.2, 0) is 0 Å². The second-order valence-corrected chi connectivity index (χ2v) is 6.55. The van der Waals surface area contributed by atoms with Crippen molar-refractivity contribution in [1.82, 2.24) is 5.32 Å².